The van der Waals surface area contributed by atoms with Crippen LogP contribution < -0.4 is 5.32 Å². The third-order valence-corrected chi connectivity index (χ3v) is 8.97. The number of carbonyl (C=O) groups is 2. The first-order valence-corrected chi connectivity index (χ1v) is 15.8. The van der Waals surface area contributed by atoms with Gasteiger partial charge < -0.3 is 19.7 Å². The molecule has 2 aromatic carbocycles. The molecule has 0 radical (unpaired) electrons. The van der Waals surface area contributed by atoms with E-state index < -0.39 is 29.2 Å². The number of hydrogen-bond acceptors (Lipinski definition) is 5. The lowest BCUT2D eigenvalue weighted by atomic mass is 9.67. The predicted octanol–water partition coefficient (Wildman–Crippen LogP) is 6.24. The molecular weight excluding hydrogens is 540 g/mol. The molecule has 0 spiro atoms. The van der Waals surface area contributed by atoms with Crippen LogP contribution >= 0.6 is 0 Å². The second-order valence-corrected chi connectivity index (χ2v) is 13.1. The molecule has 0 bridgehead atoms. The SMILES string of the molecule is CC(C)(C)OC(=O)N[C@H]1CCCN([C@@H](Cc2cn(C(c3ccccc3)(c3ccccc3)C3CCCCC3)cn2)C(=O)O)C1. The van der Waals surface area contributed by atoms with Crippen molar-refractivity contribution in [2.45, 2.75) is 95.4 Å². The van der Waals surface area contributed by atoms with E-state index in [4.69, 9.17) is 9.72 Å². The molecule has 1 aliphatic carbocycles. The van der Waals surface area contributed by atoms with Crippen molar-refractivity contribution in [3.8, 4) is 0 Å². The minimum atomic E-state index is -0.878. The van der Waals surface area contributed by atoms with Crippen molar-refractivity contribution >= 4 is 12.1 Å². The molecule has 1 aromatic heterocycles. The van der Waals surface area contributed by atoms with Crippen molar-refractivity contribution in [1.29, 1.82) is 0 Å². The minimum Gasteiger partial charge on any atom is -0.480 e. The Kier molecular flexibility index (Phi) is 9.55. The van der Waals surface area contributed by atoms with Crippen molar-refractivity contribution in [1.82, 2.24) is 19.8 Å². The normalized spacial score (nSPS) is 19.5. The smallest absolute Gasteiger partial charge is 0.407 e. The number of piperidine rings is 1. The molecule has 2 N–H and O–H groups in total. The number of hydrogen-bond donors (Lipinski definition) is 2. The number of carboxylic acids is 1. The second-order valence-electron chi connectivity index (χ2n) is 13.1. The Balaban J connectivity index is 1.43. The van der Waals surface area contributed by atoms with Gasteiger partial charge in [-0.1, -0.05) is 79.9 Å². The number of ether oxygens (including phenoxy) is 1. The molecule has 2 atom stereocenters. The summed E-state index contributed by atoms with van der Waals surface area (Å²) in [6.45, 7) is 6.61. The number of likely N-dealkylation sites (tertiary alicyclic amines) is 1. The number of alkyl carbamates (subject to hydrolysis) is 1. The lowest BCUT2D eigenvalue weighted by Gasteiger charge is -2.45. The predicted molar refractivity (Wildman–Crippen MR) is 167 cm³/mol. The number of amides is 1. The molecule has 1 saturated carbocycles. The average molecular weight is 587 g/mol. The summed E-state index contributed by atoms with van der Waals surface area (Å²) in [5.74, 6) is -0.498. The quantitative estimate of drug-likeness (QED) is 0.308. The van der Waals surface area contributed by atoms with Gasteiger partial charge in [-0.3, -0.25) is 9.69 Å². The van der Waals surface area contributed by atoms with Gasteiger partial charge in [0, 0.05) is 25.2 Å². The summed E-state index contributed by atoms with van der Waals surface area (Å²) >= 11 is 0. The van der Waals surface area contributed by atoms with E-state index in [1.54, 1.807) is 0 Å². The summed E-state index contributed by atoms with van der Waals surface area (Å²) in [5.41, 5.74) is 2.16. The average Bonchev–Trinajstić information content (AvgIpc) is 3.46. The van der Waals surface area contributed by atoms with E-state index in [2.05, 4.69) is 76.7 Å². The molecule has 1 aliphatic heterocycles. The zero-order chi connectivity index (χ0) is 30.5. The van der Waals surface area contributed by atoms with Crippen LogP contribution in [0.3, 0.4) is 0 Å². The highest BCUT2D eigenvalue weighted by Crippen LogP contribution is 2.47. The van der Waals surface area contributed by atoms with Gasteiger partial charge in [0.15, 0.2) is 0 Å². The van der Waals surface area contributed by atoms with Gasteiger partial charge in [0.2, 0.25) is 0 Å². The van der Waals surface area contributed by atoms with Crippen LogP contribution in [0.25, 0.3) is 0 Å². The fraction of sp³-hybridized carbons (Fsp3) is 0.514. The van der Waals surface area contributed by atoms with Gasteiger partial charge in [-0.05, 0) is 70.0 Å². The molecule has 0 unspecified atom stereocenters. The molecule has 1 saturated heterocycles. The Bertz CT molecular complexity index is 1310. The van der Waals surface area contributed by atoms with E-state index >= 15 is 0 Å². The highest BCUT2D eigenvalue weighted by Gasteiger charge is 2.44. The van der Waals surface area contributed by atoms with Crippen LogP contribution in [-0.2, 0) is 21.5 Å². The lowest BCUT2D eigenvalue weighted by molar-refractivity contribution is -0.143. The fourth-order valence-corrected chi connectivity index (χ4v) is 7.17. The van der Waals surface area contributed by atoms with Crippen molar-refractivity contribution < 1.29 is 19.4 Å². The Hall–Kier alpha value is -3.65. The molecule has 2 fully saturated rings. The Morgan fingerprint density at radius 2 is 1.58 bits per heavy atom. The van der Waals surface area contributed by atoms with Gasteiger partial charge >= 0.3 is 12.1 Å². The van der Waals surface area contributed by atoms with Crippen molar-refractivity contribution in [2.75, 3.05) is 13.1 Å². The minimum absolute atomic E-state index is 0.168. The van der Waals surface area contributed by atoms with Gasteiger partial charge in [0.1, 0.15) is 11.6 Å². The van der Waals surface area contributed by atoms with Crippen molar-refractivity contribution in [3.05, 3.63) is 90.0 Å². The topological polar surface area (TPSA) is 96.7 Å². The summed E-state index contributed by atoms with van der Waals surface area (Å²) < 4.78 is 7.69. The van der Waals surface area contributed by atoms with Gasteiger partial charge in [-0.15, -0.1) is 0 Å². The van der Waals surface area contributed by atoms with Gasteiger partial charge in [-0.25, -0.2) is 9.78 Å². The van der Waals surface area contributed by atoms with Crippen LogP contribution in [0.1, 0.15) is 82.5 Å². The summed E-state index contributed by atoms with van der Waals surface area (Å²) in [6, 6.07) is 20.5. The molecule has 3 aromatic rings. The van der Waals surface area contributed by atoms with Crippen LogP contribution in [0.4, 0.5) is 4.79 Å². The number of rotatable bonds is 9. The number of imidazole rings is 1. The molecular formula is C35H46N4O4. The first kappa shape index (κ1) is 30.8. The Morgan fingerprint density at radius 1 is 0.953 bits per heavy atom. The van der Waals surface area contributed by atoms with Crippen molar-refractivity contribution in [3.63, 3.8) is 0 Å². The maximum atomic E-state index is 12.6. The molecule has 8 heteroatoms. The number of nitrogens with zero attached hydrogens (tertiary/aromatic N) is 3. The van der Waals surface area contributed by atoms with Crippen LogP contribution in [-0.4, -0.2) is 62.4 Å². The van der Waals surface area contributed by atoms with E-state index in [0.29, 0.717) is 19.0 Å². The second kappa shape index (κ2) is 13.3. The van der Waals surface area contributed by atoms with Crippen LogP contribution in [0.5, 0.6) is 0 Å². The summed E-state index contributed by atoms with van der Waals surface area (Å²) in [6.07, 6.45) is 11.3. The Morgan fingerprint density at radius 3 is 2.16 bits per heavy atom. The molecule has 2 heterocycles. The number of aromatic nitrogens is 2. The maximum Gasteiger partial charge on any atom is 0.407 e. The number of nitrogens with one attached hydrogen (secondary N) is 1. The number of carbonyl (C=O) groups excluding carboxylic acids is 1. The first-order chi connectivity index (χ1) is 20.7. The molecule has 2 aliphatic rings. The standard InChI is InChI=1S/C35H46N4O4/c1-34(2,3)43-33(42)37-29-20-13-21-38(23-29)31(32(40)41)22-30-24-39(25-36-30)35(26-14-7-4-8-15-26,27-16-9-5-10-17-27)28-18-11-6-12-19-28/h4-5,7-10,14-17,24-25,28-29,31H,6,11-13,18-23H2,1-3H3,(H,37,42)(H,40,41)/t29-,31-/m0/s1. The molecule has 230 valence electrons. The van der Waals surface area contributed by atoms with E-state index in [1.165, 1.54) is 30.4 Å². The Labute approximate surface area is 255 Å². The number of aliphatic carboxylic acids is 1. The van der Waals surface area contributed by atoms with Crippen LogP contribution in [0.2, 0.25) is 0 Å². The van der Waals surface area contributed by atoms with Crippen LogP contribution in [0, 0.1) is 5.92 Å². The number of benzene rings is 2. The molecule has 8 nitrogen and oxygen atoms in total. The summed E-state index contributed by atoms with van der Waals surface area (Å²) in [7, 11) is 0. The molecule has 1 amide bonds. The summed E-state index contributed by atoms with van der Waals surface area (Å²) in [4.78, 5) is 31.8. The van der Waals surface area contributed by atoms with Crippen molar-refractivity contribution in [2.24, 2.45) is 5.92 Å². The molecule has 5 rings (SSSR count). The third kappa shape index (κ3) is 7.12. The highest BCUT2D eigenvalue weighted by molar-refractivity contribution is 5.74. The number of carboxylic acid groups (broad SMARTS) is 1. The van der Waals surface area contributed by atoms with E-state index in [9.17, 15) is 14.7 Å². The van der Waals surface area contributed by atoms with E-state index in [-0.39, 0.29) is 12.5 Å². The maximum absolute atomic E-state index is 12.6. The monoisotopic (exact) mass is 586 g/mol. The third-order valence-electron chi connectivity index (χ3n) is 8.97. The lowest BCUT2D eigenvalue weighted by Crippen LogP contribution is -2.54. The van der Waals surface area contributed by atoms with Gasteiger partial charge in [-0.2, -0.15) is 0 Å². The zero-order valence-corrected chi connectivity index (χ0v) is 25.7. The van der Waals surface area contributed by atoms with E-state index in [1.807, 2.05) is 32.0 Å². The first-order valence-electron chi connectivity index (χ1n) is 15.8. The van der Waals surface area contributed by atoms with Gasteiger partial charge in [0.25, 0.3) is 0 Å². The summed E-state index contributed by atoms with van der Waals surface area (Å²) in [5, 5.41) is 13.3. The molecule has 43 heavy (non-hydrogen) atoms. The largest absolute Gasteiger partial charge is 0.480 e. The van der Waals surface area contributed by atoms with Gasteiger partial charge in [0.05, 0.1) is 17.6 Å². The van der Waals surface area contributed by atoms with Crippen LogP contribution in [0.15, 0.2) is 73.2 Å². The fourth-order valence-electron chi connectivity index (χ4n) is 7.17. The van der Waals surface area contributed by atoms with E-state index in [0.717, 1.165) is 31.4 Å². The zero-order valence-electron chi connectivity index (χ0n) is 25.7. The highest BCUT2D eigenvalue weighted by atomic mass is 16.6.